The second kappa shape index (κ2) is 5.46. The van der Waals surface area contributed by atoms with E-state index in [0.717, 1.165) is 12.0 Å². The van der Waals surface area contributed by atoms with Crippen molar-refractivity contribution in [2.45, 2.75) is 25.9 Å². The van der Waals surface area contributed by atoms with Gasteiger partial charge in [-0.3, -0.25) is 0 Å². The summed E-state index contributed by atoms with van der Waals surface area (Å²) in [6, 6.07) is 11.7. The number of benzene rings is 1. The van der Waals surface area contributed by atoms with Crippen molar-refractivity contribution >= 4 is 0 Å². The minimum Gasteiger partial charge on any atom is -0.341 e. The minimum absolute atomic E-state index is 0.812. The number of quaternary nitrogens is 2. The molecule has 1 fully saturated rings. The number of likely N-dealkylation sites (tertiary alicyclic amines) is 1. The molecule has 3 unspecified atom stereocenters. The number of nitrogens with one attached hydrogen (secondary N) is 1. The molecule has 0 spiro atoms. The quantitative estimate of drug-likeness (QED) is 0.696. The molecule has 0 aromatic heterocycles. The summed E-state index contributed by atoms with van der Waals surface area (Å²) in [5.74, 6) is 0.879. The molecule has 2 heteroatoms. The Labute approximate surface area is 98.7 Å². The van der Waals surface area contributed by atoms with Gasteiger partial charge in [0.05, 0.1) is 13.6 Å². The first-order valence-corrected chi connectivity index (χ1v) is 6.46. The predicted molar refractivity (Wildman–Crippen MR) is 66.3 cm³/mol. The third kappa shape index (κ3) is 2.83. The van der Waals surface area contributed by atoms with Crippen LogP contribution in [0.25, 0.3) is 0 Å². The molecule has 88 valence electrons. The summed E-state index contributed by atoms with van der Waals surface area (Å²) in [7, 11) is 2.21. The van der Waals surface area contributed by atoms with E-state index in [-0.39, 0.29) is 0 Å². The lowest BCUT2D eigenvalue weighted by Gasteiger charge is -2.32. The van der Waals surface area contributed by atoms with E-state index < -0.39 is 0 Å². The maximum Gasteiger partial charge on any atom is 0.138 e. The summed E-state index contributed by atoms with van der Waals surface area (Å²) in [5, 5.41) is 2.40. The van der Waals surface area contributed by atoms with Crippen molar-refractivity contribution < 1.29 is 10.2 Å². The van der Waals surface area contributed by atoms with Crippen LogP contribution in [0.1, 0.15) is 18.9 Å². The number of hydrogen-bond donors (Lipinski definition) is 2. The predicted octanol–water partition coefficient (Wildman–Crippen LogP) is -0.327. The Morgan fingerprint density at radius 3 is 2.75 bits per heavy atom. The fraction of sp³-hybridized carbons (Fsp3) is 0.571. The van der Waals surface area contributed by atoms with Crippen molar-refractivity contribution in [3.8, 4) is 0 Å². The van der Waals surface area contributed by atoms with Gasteiger partial charge in [0.25, 0.3) is 0 Å². The Kier molecular flexibility index (Phi) is 3.97. The van der Waals surface area contributed by atoms with Crippen molar-refractivity contribution in [2.75, 3.05) is 20.1 Å². The van der Waals surface area contributed by atoms with Crippen molar-refractivity contribution in [2.24, 2.45) is 5.92 Å². The second-order valence-corrected chi connectivity index (χ2v) is 5.13. The van der Waals surface area contributed by atoms with E-state index in [1.54, 1.807) is 4.90 Å². The first-order chi connectivity index (χ1) is 7.79. The van der Waals surface area contributed by atoms with Crippen LogP contribution in [-0.2, 0) is 6.54 Å². The molecule has 0 bridgehead atoms. The van der Waals surface area contributed by atoms with Crippen LogP contribution in [0.2, 0.25) is 0 Å². The lowest BCUT2D eigenvalue weighted by Crippen LogP contribution is -3.16. The van der Waals surface area contributed by atoms with Crippen LogP contribution >= 0.6 is 0 Å². The van der Waals surface area contributed by atoms with Crippen LogP contribution in [0.15, 0.2) is 30.3 Å². The Morgan fingerprint density at radius 1 is 1.31 bits per heavy atom. The Morgan fingerprint density at radius 2 is 2.06 bits per heavy atom. The zero-order valence-corrected chi connectivity index (χ0v) is 10.4. The van der Waals surface area contributed by atoms with Gasteiger partial charge in [0.15, 0.2) is 0 Å². The molecule has 1 aromatic rings. The molecular formula is C14H24N2+2. The molecule has 1 aromatic carbocycles. The van der Waals surface area contributed by atoms with Gasteiger partial charge < -0.3 is 10.2 Å². The molecule has 2 nitrogen and oxygen atoms in total. The van der Waals surface area contributed by atoms with Gasteiger partial charge in [0, 0.05) is 17.9 Å². The summed E-state index contributed by atoms with van der Waals surface area (Å²) < 4.78 is 0. The second-order valence-electron chi connectivity index (χ2n) is 5.13. The van der Waals surface area contributed by atoms with Crippen LogP contribution in [0.4, 0.5) is 0 Å². The summed E-state index contributed by atoms with van der Waals surface area (Å²) >= 11 is 0. The van der Waals surface area contributed by atoms with E-state index in [1.807, 2.05) is 0 Å². The molecule has 3 N–H and O–H groups in total. The zero-order valence-electron chi connectivity index (χ0n) is 10.4. The molecule has 1 aliphatic rings. The van der Waals surface area contributed by atoms with Gasteiger partial charge in [-0.05, 0) is 0 Å². The smallest absolute Gasteiger partial charge is 0.138 e. The monoisotopic (exact) mass is 220 g/mol. The maximum absolute atomic E-state index is 2.40. The van der Waals surface area contributed by atoms with E-state index in [1.165, 1.54) is 31.6 Å². The SMILES string of the molecule is C[NH2+]C1C[NH+](Cc2ccccc2)CCC1C. The molecule has 0 amide bonds. The largest absolute Gasteiger partial charge is 0.341 e. The fourth-order valence-corrected chi connectivity index (χ4v) is 2.77. The van der Waals surface area contributed by atoms with Crippen LogP contribution < -0.4 is 10.2 Å². The normalized spacial score (nSPS) is 30.2. The molecular weight excluding hydrogens is 196 g/mol. The van der Waals surface area contributed by atoms with Crippen molar-refractivity contribution in [3.63, 3.8) is 0 Å². The zero-order chi connectivity index (χ0) is 11.4. The molecule has 3 atom stereocenters. The highest BCUT2D eigenvalue weighted by Crippen LogP contribution is 2.06. The Bertz CT molecular complexity index is 310. The first-order valence-electron chi connectivity index (χ1n) is 6.46. The molecule has 2 rings (SSSR count). The minimum atomic E-state index is 0.812. The average Bonchev–Trinajstić information content (AvgIpc) is 2.33. The summed E-state index contributed by atoms with van der Waals surface area (Å²) in [5.41, 5.74) is 1.47. The average molecular weight is 220 g/mol. The standard InChI is InChI=1S/C14H22N2/c1-12-8-9-16(11-14(12)15-2)10-13-6-4-3-5-7-13/h3-7,12,14-15H,8-11H2,1-2H3/p+2. The topological polar surface area (TPSA) is 21.1 Å². The van der Waals surface area contributed by atoms with Crippen LogP contribution in [-0.4, -0.2) is 26.2 Å². The van der Waals surface area contributed by atoms with Crippen molar-refractivity contribution in [1.82, 2.24) is 0 Å². The van der Waals surface area contributed by atoms with E-state index in [2.05, 4.69) is 49.6 Å². The van der Waals surface area contributed by atoms with Crippen LogP contribution in [0, 0.1) is 5.92 Å². The molecule has 0 saturated carbocycles. The summed E-state index contributed by atoms with van der Waals surface area (Å²) in [4.78, 5) is 1.74. The Hall–Kier alpha value is -0.860. The van der Waals surface area contributed by atoms with E-state index >= 15 is 0 Å². The number of rotatable bonds is 3. The number of hydrogen-bond acceptors (Lipinski definition) is 0. The summed E-state index contributed by atoms with van der Waals surface area (Å²) in [6.45, 7) is 6.23. The first kappa shape index (κ1) is 11.6. The molecule has 1 saturated heterocycles. The van der Waals surface area contributed by atoms with Gasteiger partial charge in [0.1, 0.15) is 19.1 Å². The molecule has 1 heterocycles. The van der Waals surface area contributed by atoms with Crippen molar-refractivity contribution in [3.05, 3.63) is 35.9 Å². The highest BCUT2D eigenvalue weighted by molar-refractivity contribution is 5.13. The molecule has 0 radical (unpaired) electrons. The fourth-order valence-electron chi connectivity index (χ4n) is 2.77. The third-order valence-electron chi connectivity index (χ3n) is 3.93. The number of likely N-dealkylation sites (N-methyl/N-ethyl adjacent to an activating group) is 1. The van der Waals surface area contributed by atoms with Gasteiger partial charge >= 0.3 is 0 Å². The van der Waals surface area contributed by atoms with Crippen molar-refractivity contribution in [1.29, 1.82) is 0 Å². The van der Waals surface area contributed by atoms with E-state index in [4.69, 9.17) is 0 Å². The van der Waals surface area contributed by atoms with Gasteiger partial charge in [0.2, 0.25) is 0 Å². The molecule has 0 aliphatic carbocycles. The lowest BCUT2D eigenvalue weighted by atomic mass is 9.93. The van der Waals surface area contributed by atoms with Gasteiger partial charge in [-0.15, -0.1) is 0 Å². The molecule has 1 aliphatic heterocycles. The highest BCUT2D eigenvalue weighted by Gasteiger charge is 2.30. The third-order valence-corrected chi connectivity index (χ3v) is 3.93. The van der Waals surface area contributed by atoms with Gasteiger partial charge in [-0.25, -0.2) is 0 Å². The van der Waals surface area contributed by atoms with E-state index in [9.17, 15) is 0 Å². The van der Waals surface area contributed by atoms with Crippen LogP contribution in [0.3, 0.4) is 0 Å². The Balaban J connectivity index is 1.92. The number of piperidine rings is 1. The molecule has 16 heavy (non-hydrogen) atoms. The number of nitrogens with two attached hydrogens (primary N) is 1. The highest BCUT2D eigenvalue weighted by atomic mass is 15.2. The van der Waals surface area contributed by atoms with Crippen LogP contribution in [0.5, 0.6) is 0 Å². The summed E-state index contributed by atoms with van der Waals surface area (Å²) in [6.07, 6.45) is 1.37. The maximum atomic E-state index is 2.40. The van der Waals surface area contributed by atoms with Gasteiger partial charge in [-0.1, -0.05) is 37.3 Å². The lowest BCUT2D eigenvalue weighted by molar-refractivity contribution is -0.939. The van der Waals surface area contributed by atoms with Gasteiger partial charge in [-0.2, -0.15) is 0 Å². The van der Waals surface area contributed by atoms with E-state index in [0.29, 0.717) is 0 Å².